The van der Waals surface area contributed by atoms with E-state index in [2.05, 4.69) is 36.2 Å². The molecule has 0 heterocycles. The molecule has 3 aromatic carbocycles. The van der Waals surface area contributed by atoms with Crippen LogP contribution in [0.4, 0.5) is 5.69 Å². The minimum Gasteiger partial charge on any atom is -0.489 e. The van der Waals surface area contributed by atoms with E-state index in [0.29, 0.717) is 6.61 Å². The van der Waals surface area contributed by atoms with Crippen molar-refractivity contribution in [2.24, 2.45) is 4.99 Å². The second-order valence-electron chi connectivity index (χ2n) is 5.99. The van der Waals surface area contributed by atoms with Crippen LogP contribution in [0.5, 0.6) is 5.75 Å². The minimum absolute atomic E-state index is 0.550. The van der Waals surface area contributed by atoms with E-state index in [1.165, 1.54) is 5.56 Å². The Labute approximate surface area is 153 Å². The summed E-state index contributed by atoms with van der Waals surface area (Å²) in [5.41, 5.74) is 5.24. The highest BCUT2D eigenvalue weighted by Crippen LogP contribution is 2.25. The summed E-state index contributed by atoms with van der Waals surface area (Å²) in [7, 11) is 0. The molecule has 0 N–H and O–H groups in total. The van der Waals surface area contributed by atoms with E-state index in [-0.39, 0.29) is 0 Å². The van der Waals surface area contributed by atoms with Crippen molar-refractivity contribution in [2.75, 3.05) is 0 Å². The van der Waals surface area contributed by atoms with Gasteiger partial charge in [-0.2, -0.15) is 0 Å². The number of hydrogen-bond donors (Lipinski definition) is 0. The van der Waals surface area contributed by atoms with Gasteiger partial charge in [-0.3, -0.25) is 4.99 Å². The molecule has 0 aliphatic rings. The van der Waals surface area contributed by atoms with Crippen LogP contribution in [-0.2, 0) is 6.61 Å². The van der Waals surface area contributed by atoms with Crippen molar-refractivity contribution in [3.63, 3.8) is 0 Å². The molecule has 25 heavy (non-hydrogen) atoms. The SMILES string of the molecule is Cc1ccc(COc2cccc(C=Nc3cccc(Cl)c3C)c2)cc1. The molecular weight excluding hydrogens is 330 g/mol. The lowest BCUT2D eigenvalue weighted by Gasteiger charge is -2.07. The summed E-state index contributed by atoms with van der Waals surface area (Å²) < 4.78 is 5.88. The van der Waals surface area contributed by atoms with Gasteiger partial charge in [0.2, 0.25) is 0 Å². The first kappa shape index (κ1) is 17.2. The predicted molar refractivity (Wildman–Crippen MR) is 105 cm³/mol. The summed E-state index contributed by atoms with van der Waals surface area (Å²) in [4.78, 5) is 4.54. The number of hydrogen-bond acceptors (Lipinski definition) is 2. The normalized spacial score (nSPS) is 11.0. The Kier molecular flexibility index (Phi) is 5.52. The molecule has 0 spiro atoms. The third kappa shape index (κ3) is 4.71. The maximum atomic E-state index is 6.14. The van der Waals surface area contributed by atoms with E-state index in [4.69, 9.17) is 16.3 Å². The first-order valence-corrected chi connectivity index (χ1v) is 8.57. The molecule has 0 amide bonds. The highest BCUT2D eigenvalue weighted by molar-refractivity contribution is 6.31. The van der Waals surface area contributed by atoms with Gasteiger partial charge in [-0.15, -0.1) is 0 Å². The minimum atomic E-state index is 0.550. The molecule has 126 valence electrons. The second kappa shape index (κ2) is 8.00. The summed E-state index contributed by atoms with van der Waals surface area (Å²) in [6, 6.07) is 22.0. The van der Waals surface area contributed by atoms with Crippen molar-refractivity contribution in [1.82, 2.24) is 0 Å². The van der Waals surface area contributed by atoms with Gasteiger partial charge in [0.05, 0.1) is 5.69 Å². The van der Waals surface area contributed by atoms with E-state index in [1.54, 1.807) is 0 Å². The molecule has 0 unspecified atom stereocenters. The first-order chi connectivity index (χ1) is 12.1. The summed E-state index contributed by atoms with van der Waals surface area (Å²) in [6.45, 7) is 4.60. The fourth-order valence-corrected chi connectivity index (χ4v) is 2.59. The highest BCUT2D eigenvalue weighted by Gasteiger charge is 2.01. The molecular formula is C22H20ClNO. The number of aryl methyl sites for hydroxylation is 1. The average molecular weight is 350 g/mol. The molecule has 0 saturated carbocycles. The van der Waals surface area contributed by atoms with Crippen LogP contribution in [0.1, 0.15) is 22.3 Å². The monoisotopic (exact) mass is 349 g/mol. The average Bonchev–Trinajstić information content (AvgIpc) is 2.63. The zero-order valence-electron chi connectivity index (χ0n) is 14.4. The van der Waals surface area contributed by atoms with Crippen LogP contribution in [0.3, 0.4) is 0 Å². The van der Waals surface area contributed by atoms with Crippen LogP contribution in [0.25, 0.3) is 0 Å². The molecule has 0 aliphatic heterocycles. The number of ether oxygens (including phenoxy) is 1. The van der Waals surface area contributed by atoms with Gasteiger partial charge in [-0.05, 0) is 54.8 Å². The molecule has 0 aliphatic carbocycles. The topological polar surface area (TPSA) is 21.6 Å². The fraction of sp³-hybridized carbons (Fsp3) is 0.136. The summed E-state index contributed by atoms with van der Waals surface area (Å²) in [5, 5.41) is 0.727. The van der Waals surface area contributed by atoms with Crippen molar-refractivity contribution in [3.8, 4) is 5.75 Å². The van der Waals surface area contributed by atoms with E-state index >= 15 is 0 Å². The van der Waals surface area contributed by atoms with Gasteiger partial charge in [0.15, 0.2) is 0 Å². The third-order valence-electron chi connectivity index (χ3n) is 3.98. The molecule has 3 rings (SSSR count). The molecule has 0 radical (unpaired) electrons. The van der Waals surface area contributed by atoms with Crippen LogP contribution >= 0.6 is 11.6 Å². The number of halogens is 1. The first-order valence-electron chi connectivity index (χ1n) is 8.19. The lowest BCUT2D eigenvalue weighted by atomic mass is 10.2. The Bertz CT molecular complexity index is 885. The van der Waals surface area contributed by atoms with Crippen LogP contribution < -0.4 is 4.74 Å². The van der Waals surface area contributed by atoms with Crippen molar-refractivity contribution in [3.05, 3.63) is 94.0 Å². The van der Waals surface area contributed by atoms with Crippen LogP contribution in [0.2, 0.25) is 5.02 Å². The Morgan fingerprint density at radius 3 is 2.52 bits per heavy atom. The molecule has 2 nitrogen and oxygen atoms in total. The molecule has 0 fully saturated rings. The van der Waals surface area contributed by atoms with Crippen molar-refractivity contribution < 1.29 is 4.74 Å². The van der Waals surface area contributed by atoms with E-state index in [9.17, 15) is 0 Å². The molecule has 0 atom stereocenters. The van der Waals surface area contributed by atoms with E-state index in [1.807, 2.05) is 55.6 Å². The second-order valence-corrected chi connectivity index (χ2v) is 6.40. The molecule has 0 aromatic heterocycles. The Morgan fingerprint density at radius 2 is 1.72 bits per heavy atom. The van der Waals surface area contributed by atoms with Gasteiger partial charge in [0.25, 0.3) is 0 Å². The Morgan fingerprint density at radius 1 is 0.960 bits per heavy atom. The highest BCUT2D eigenvalue weighted by atomic mass is 35.5. The van der Waals surface area contributed by atoms with Gasteiger partial charge >= 0.3 is 0 Å². The van der Waals surface area contributed by atoms with Crippen LogP contribution in [0, 0.1) is 13.8 Å². The summed E-state index contributed by atoms with van der Waals surface area (Å²) in [6.07, 6.45) is 1.83. The van der Waals surface area contributed by atoms with Crippen molar-refractivity contribution >= 4 is 23.5 Å². The summed E-state index contributed by atoms with van der Waals surface area (Å²) >= 11 is 6.14. The van der Waals surface area contributed by atoms with Gasteiger partial charge in [-0.1, -0.05) is 59.6 Å². The molecule has 3 aromatic rings. The van der Waals surface area contributed by atoms with Crippen molar-refractivity contribution in [2.45, 2.75) is 20.5 Å². The quantitative estimate of drug-likeness (QED) is 0.496. The van der Waals surface area contributed by atoms with E-state index < -0.39 is 0 Å². The zero-order chi connectivity index (χ0) is 17.6. The standard InChI is InChI=1S/C22H20ClNO/c1-16-9-11-18(12-10-16)15-25-20-6-3-5-19(13-20)14-24-22-8-4-7-21(23)17(22)2/h3-14H,15H2,1-2H3. The third-order valence-corrected chi connectivity index (χ3v) is 4.39. The van der Waals surface area contributed by atoms with Crippen LogP contribution in [-0.4, -0.2) is 6.21 Å². The van der Waals surface area contributed by atoms with Gasteiger partial charge < -0.3 is 4.74 Å². The lowest BCUT2D eigenvalue weighted by Crippen LogP contribution is -1.96. The lowest BCUT2D eigenvalue weighted by molar-refractivity contribution is 0.306. The maximum Gasteiger partial charge on any atom is 0.120 e. The number of benzene rings is 3. The summed E-state index contributed by atoms with van der Waals surface area (Å²) in [5.74, 6) is 0.826. The molecule has 0 bridgehead atoms. The maximum absolute atomic E-state index is 6.14. The smallest absolute Gasteiger partial charge is 0.120 e. The number of aliphatic imine (C=N–C) groups is 1. The van der Waals surface area contributed by atoms with E-state index in [0.717, 1.165) is 33.1 Å². The van der Waals surface area contributed by atoms with Gasteiger partial charge in [0, 0.05) is 11.2 Å². The zero-order valence-corrected chi connectivity index (χ0v) is 15.1. The Hall–Kier alpha value is -2.58. The number of nitrogens with zero attached hydrogens (tertiary/aromatic N) is 1. The fourth-order valence-electron chi connectivity index (χ4n) is 2.42. The van der Waals surface area contributed by atoms with Crippen LogP contribution in [0.15, 0.2) is 71.7 Å². The van der Waals surface area contributed by atoms with Gasteiger partial charge in [-0.25, -0.2) is 0 Å². The van der Waals surface area contributed by atoms with Gasteiger partial charge in [0.1, 0.15) is 12.4 Å². The number of rotatable bonds is 5. The predicted octanol–water partition coefficient (Wildman–Crippen LogP) is 6.29. The largest absolute Gasteiger partial charge is 0.489 e. The molecule has 3 heteroatoms. The Balaban J connectivity index is 1.69. The van der Waals surface area contributed by atoms with Crippen molar-refractivity contribution in [1.29, 1.82) is 0 Å². The molecule has 0 saturated heterocycles.